The van der Waals surface area contributed by atoms with E-state index in [2.05, 4.69) is 19.1 Å². The van der Waals surface area contributed by atoms with Crippen LogP contribution in [0.2, 0.25) is 0 Å². The molecule has 1 N–H and O–H groups in total. The number of unbranched alkanes of at least 4 members (excludes halogenated alkanes) is 1. The van der Waals surface area contributed by atoms with Crippen molar-refractivity contribution in [1.82, 2.24) is 0 Å². The summed E-state index contributed by atoms with van der Waals surface area (Å²) in [7, 11) is 0. The molecule has 1 aliphatic carbocycles. The highest BCUT2D eigenvalue weighted by Gasteiger charge is 2.47. The Kier molecular flexibility index (Phi) is 9.76. The van der Waals surface area contributed by atoms with Gasteiger partial charge in [0.1, 0.15) is 5.78 Å². The number of ketones is 1. The first-order chi connectivity index (χ1) is 15.1. The topological polar surface area (TPSA) is 76.0 Å². The van der Waals surface area contributed by atoms with E-state index in [1.165, 1.54) is 25.7 Å². The molecule has 2 heterocycles. The SMILES string of the molecule is CCC(CC(=O)C1CCCCC1)=NCC[C@@H]1[C@H](CC=CCCCC(=O)O)[C@@H]2CC[C@H]1O2. The van der Waals surface area contributed by atoms with Crippen LogP contribution < -0.4 is 0 Å². The largest absolute Gasteiger partial charge is 0.481 e. The highest BCUT2D eigenvalue weighted by molar-refractivity contribution is 6.02. The fourth-order valence-electron chi connectivity index (χ4n) is 5.77. The monoisotopic (exact) mass is 431 g/mol. The van der Waals surface area contributed by atoms with Crippen LogP contribution in [0.15, 0.2) is 17.1 Å². The van der Waals surface area contributed by atoms with Gasteiger partial charge in [-0.05, 0) is 69.6 Å². The second-order valence-electron chi connectivity index (χ2n) is 9.68. The number of fused-ring (bicyclic) bond motifs is 2. The maximum absolute atomic E-state index is 12.6. The molecule has 0 radical (unpaired) electrons. The average Bonchev–Trinajstić information content (AvgIpc) is 3.38. The Labute approximate surface area is 187 Å². The van der Waals surface area contributed by atoms with Crippen molar-refractivity contribution in [2.45, 2.75) is 109 Å². The standard InChI is InChI=1S/C26H41NO4/c1-2-20(18-23(28)19-10-6-5-7-11-19)27-17-16-22-21(24-14-15-25(22)31-24)12-8-3-4-9-13-26(29)30/h3,8,19,21-22,24-25H,2,4-7,9-18H2,1H3,(H,29,30)/t21-,22+,24-,25+/m0/s1. The van der Waals surface area contributed by atoms with Crippen molar-refractivity contribution in [2.24, 2.45) is 22.7 Å². The van der Waals surface area contributed by atoms with E-state index in [0.29, 0.717) is 42.7 Å². The maximum atomic E-state index is 12.6. The highest BCUT2D eigenvalue weighted by Crippen LogP contribution is 2.46. The van der Waals surface area contributed by atoms with Crippen LogP contribution in [0, 0.1) is 17.8 Å². The van der Waals surface area contributed by atoms with Crippen LogP contribution in [0.1, 0.15) is 96.8 Å². The van der Waals surface area contributed by atoms with E-state index in [4.69, 9.17) is 14.8 Å². The third-order valence-electron chi connectivity index (χ3n) is 7.57. The third-order valence-corrected chi connectivity index (χ3v) is 7.57. The molecule has 0 aromatic rings. The number of carbonyl (C=O) groups excluding carboxylic acids is 1. The van der Waals surface area contributed by atoms with Crippen LogP contribution in [0.3, 0.4) is 0 Å². The number of carbonyl (C=O) groups is 2. The van der Waals surface area contributed by atoms with Crippen molar-refractivity contribution in [3.63, 3.8) is 0 Å². The molecule has 5 heteroatoms. The number of Topliss-reactive ketones (excluding diaryl/α,β-unsaturated/α-hetero) is 1. The van der Waals surface area contributed by atoms with Crippen molar-refractivity contribution in [3.8, 4) is 0 Å². The molecule has 5 nitrogen and oxygen atoms in total. The highest BCUT2D eigenvalue weighted by atomic mass is 16.5. The Morgan fingerprint density at radius 2 is 1.77 bits per heavy atom. The Morgan fingerprint density at radius 3 is 2.48 bits per heavy atom. The second kappa shape index (κ2) is 12.5. The predicted molar refractivity (Wildman–Crippen MR) is 124 cm³/mol. The third kappa shape index (κ3) is 7.27. The van der Waals surface area contributed by atoms with Crippen LogP contribution >= 0.6 is 0 Å². The Hall–Kier alpha value is -1.49. The van der Waals surface area contributed by atoms with E-state index in [9.17, 15) is 9.59 Å². The van der Waals surface area contributed by atoms with E-state index < -0.39 is 5.97 Å². The van der Waals surface area contributed by atoms with Crippen LogP contribution in [-0.2, 0) is 14.3 Å². The minimum absolute atomic E-state index is 0.241. The van der Waals surface area contributed by atoms with E-state index in [-0.39, 0.29) is 12.3 Å². The van der Waals surface area contributed by atoms with Gasteiger partial charge in [-0.15, -0.1) is 0 Å². The molecule has 174 valence electrons. The smallest absolute Gasteiger partial charge is 0.303 e. The predicted octanol–water partition coefficient (Wildman–Crippen LogP) is 5.76. The van der Waals surface area contributed by atoms with Gasteiger partial charge in [-0.3, -0.25) is 14.6 Å². The van der Waals surface area contributed by atoms with Gasteiger partial charge in [0.15, 0.2) is 0 Å². The lowest BCUT2D eigenvalue weighted by molar-refractivity contribution is -0.137. The Morgan fingerprint density at radius 1 is 1.03 bits per heavy atom. The van der Waals surface area contributed by atoms with Crippen LogP contribution in [-0.4, -0.2) is 41.3 Å². The molecule has 0 aromatic heterocycles. The number of nitrogens with zero attached hydrogens (tertiary/aromatic N) is 1. The van der Waals surface area contributed by atoms with Crippen molar-refractivity contribution in [1.29, 1.82) is 0 Å². The first-order valence-electron chi connectivity index (χ1n) is 12.7. The summed E-state index contributed by atoms with van der Waals surface area (Å²) in [6.07, 6.45) is 18.5. The molecule has 3 fully saturated rings. The van der Waals surface area contributed by atoms with Gasteiger partial charge in [-0.2, -0.15) is 0 Å². The number of carboxylic acid groups (broad SMARTS) is 1. The molecule has 0 aromatic carbocycles. The molecule has 2 aliphatic heterocycles. The molecular formula is C26H41NO4. The van der Waals surface area contributed by atoms with Crippen molar-refractivity contribution in [2.75, 3.05) is 6.54 Å². The number of carboxylic acids is 1. The molecule has 31 heavy (non-hydrogen) atoms. The average molecular weight is 432 g/mol. The van der Waals surface area contributed by atoms with Gasteiger partial charge >= 0.3 is 5.97 Å². The van der Waals surface area contributed by atoms with Gasteiger partial charge in [0.05, 0.1) is 12.2 Å². The quantitative estimate of drug-likeness (QED) is 0.228. The lowest BCUT2D eigenvalue weighted by Gasteiger charge is -2.26. The summed E-state index contributed by atoms with van der Waals surface area (Å²) in [5, 5.41) is 8.73. The number of hydrogen-bond donors (Lipinski definition) is 1. The normalized spacial score (nSPS) is 29.1. The van der Waals surface area contributed by atoms with Crippen LogP contribution in [0.5, 0.6) is 0 Å². The molecule has 0 unspecified atom stereocenters. The zero-order valence-corrected chi connectivity index (χ0v) is 19.3. The number of hydrogen-bond acceptors (Lipinski definition) is 4. The molecule has 4 atom stereocenters. The van der Waals surface area contributed by atoms with E-state index >= 15 is 0 Å². The number of ether oxygens (including phenoxy) is 1. The van der Waals surface area contributed by atoms with Gasteiger partial charge in [0.2, 0.25) is 0 Å². The van der Waals surface area contributed by atoms with Crippen molar-refractivity contribution < 1.29 is 19.4 Å². The summed E-state index contributed by atoms with van der Waals surface area (Å²) in [6, 6.07) is 0. The number of rotatable bonds is 13. The molecule has 1 saturated carbocycles. The van der Waals surface area contributed by atoms with Crippen LogP contribution in [0.4, 0.5) is 0 Å². The molecule has 3 aliphatic rings. The fourth-order valence-corrected chi connectivity index (χ4v) is 5.77. The van der Waals surface area contributed by atoms with Gasteiger partial charge in [-0.25, -0.2) is 0 Å². The number of aliphatic carboxylic acids is 1. The van der Waals surface area contributed by atoms with E-state index in [0.717, 1.165) is 57.2 Å². The molecule has 3 rings (SSSR count). The first kappa shape index (κ1) is 24.2. The van der Waals surface area contributed by atoms with Gasteiger partial charge < -0.3 is 9.84 Å². The van der Waals surface area contributed by atoms with E-state index in [1.54, 1.807) is 0 Å². The second-order valence-corrected chi connectivity index (χ2v) is 9.68. The van der Waals surface area contributed by atoms with Crippen molar-refractivity contribution in [3.05, 3.63) is 12.2 Å². The summed E-state index contributed by atoms with van der Waals surface area (Å²) in [5.74, 6) is 1.07. The molecule has 2 bridgehead atoms. The van der Waals surface area contributed by atoms with Crippen LogP contribution in [0.25, 0.3) is 0 Å². The molecule has 0 amide bonds. The minimum atomic E-state index is -0.720. The lowest BCUT2D eigenvalue weighted by Crippen LogP contribution is -2.27. The Bertz CT molecular complexity index is 650. The summed E-state index contributed by atoms with van der Waals surface area (Å²) in [5.41, 5.74) is 1.08. The first-order valence-corrected chi connectivity index (χ1v) is 12.7. The fraction of sp³-hybridized carbons (Fsp3) is 0.808. The van der Waals surface area contributed by atoms with Gasteiger partial charge in [0, 0.05) is 31.0 Å². The summed E-state index contributed by atoms with van der Waals surface area (Å²) < 4.78 is 6.22. The van der Waals surface area contributed by atoms with Gasteiger partial charge in [-0.1, -0.05) is 38.3 Å². The summed E-state index contributed by atoms with van der Waals surface area (Å²) in [4.78, 5) is 28.1. The zero-order chi connectivity index (χ0) is 22.1. The minimum Gasteiger partial charge on any atom is -0.481 e. The zero-order valence-electron chi connectivity index (χ0n) is 19.3. The lowest BCUT2D eigenvalue weighted by atomic mass is 9.76. The molecular weight excluding hydrogens is 390 g/mol. The molecule has 2 saturated heterocycles. The summed E-state index contributed by atoms with van der Waals surface area (Å²) >= 11 is 0. The maximum Gasteiger partial charge on any atom is 0.303 e. The number of aliphatic imine (C=N–C) groups is 1. The van der Waals surface area contributed by atoms with Gasteiger partial charge in [0.25, 0.3) is 0 Å². The summed E-state index contributed by atoms with van der Waals surface area (Å²) in [6.45, 7) is 2.92. The Balaban J connectivity index is 1.45. The van der Waals surface area contributed by atoms with Crippen molar-refractivity contribution >= 4 is 17.5 Å². The number of allylic oxidation sites excluding steroid dienone is 2. The van der Waals surface area contributed by atoms with E-state index in [1.807, 2.05) is 0 Å². The molecule has 0 spiro atoms.